The molecule has 2 atom stereocenters. The minimum atomic E-state index is 0. The summed E-state index contributed by atoms with van der Waals surface area (Å²) in [6.07, 6.45) is 4.11. The lowest BCUT2D eigenvalue weighted by Gasteiger charge is -2.18. The van der Waals surface area contributed by atoms with Crippen LogP contribution in [0.25, 0.3) is 0 Å². The van der Waals surface area contributed by atoms with Gasteiger partial charge in [-0.15, -0.1) is 12.4 Å². The summed E-state index contributed by atoms with van der Waals surface area (Å²) < 4.78 is 0. The van der Waals surface area contributed by atoms with Gasteiger partial charge in [-0.05, 0) is 43.4 Å². The van der Waals surface area contributed by atoms with E-state index in [1.54, 1.807) is 0 Å². The minimum absolute atomic E-state index is 0. The third-order valence-electron chi connectivity index (χ3n) is 3.95. The van der Waals surface area contributed by atoms with Gasteiger partial charge in [0.05, 0.1) is 0 Å². The summed E-state index contributed by atoms with van der Waals surface area (Å²) in [6.45, 7) is 2.72. The summed E-state index contributed by atoms with van der Waals surface area (Å²) in [6, 6.07) is 8.00. The van der Waals surface area contributed by atoms with Crippen molar-refractivity contribution in [2.45, 2.75) is 32.6 Å². The predicted molar refractivity (Wildman–Crippen MR) is 81.6 cm³/mol. The van der Waals surface area contributed by atoms with E-state index in [4.69, 9.17) is 5.73 Å². The highest BCUT2D eigenvalue weighted by Crippen LogP contribution is 2.32. The summed E-state index contributed by atoms with van der Waals surface area (Å²) in [5.41, 5.74) is 7.87. The van der Waals surface area contributed by atoms with Gasteiger partial charge in [-0.3, -0.25) is 4.79 Å². The van der Waals surface area contributed by atoms with E-state index in [1.807, 2.05) is 18.2 Å². The van der Waals surface area contributed by atoms with Gasteiger partial charge in [0.25, 0.3) is 0 Å². The molecule has 0 heterocycles. The van der Waals surface area contributed by atoms with Gasteiger partial charge in [-0.1, -0.05) is 31.5 Å². The van der Waals surface area contributed by atoms with Crippen molar-refractivity contribution in [3.05, 3.63) is 29.8 Å². The van der Waals surface area contributed by atoms with Gasteiger partial charge in [0, 0.05) is 11.6 Å². The molecule has 4 heteroatoms. The summed E-state index contributed by atoms with van der Waals surface area (Å²) in [5.74, 6) is 0.600. The second-order valence-corrected chi connectivity index (χ2v) is 5.03. The Morgan fingerprint density at radius 1 is 1.37 bits per heavy atom. The number of rotatable bonds is 4. The number of amides is 1. The number of para-hydroxylation sites is 1. The first-order valence-corrected chi connectivity index (χ1v) is 6.85. The molecule has 0 bridgehead atoms. The molecular weight excluding hydrogens is 260 g/mol. The van der Waals surface area contributed by atoms with Crippen molar-refractivity contribution < 1.29 is 4.79 Å². The van der Waals surface area contributed by atoms with Gasteiger partial charge in [-0.25, -0.2) is 0 Å². The van der Waals surface area contributed by atoms with Crippen LogP contribution in [0.5, 0.6) is 0 Å². The fourth-order valence-electron chi connectivity index (χ4n) is 2.84. The number of nitrogens with two attached hydrogens (primary N) is 1. The molecular formula is C15H23ClN2O. The maximum atomic E-state index is 12.3. The van der Waals surface area contributed by atoms with Crippen molar-refractivity contribution in [1.29, 1.82) is 0 Å². The second-order valence-electron chi connectivity index (χ2n) is 5.03. The molecule has 0 aliphatic heterocycles. The monoisotopic (exact) mass is 282 g/mol. The first-order chi connectivity index (χ1) is 8.76. The highest BCUT2D eigenvalue weighted by Gasteiger charge is 2.31. The number of carbonyl (C=O) groups is 1. The fraction of sp³-hybridized carbons (Fsp3) is 0.533. The maximum absolute atomic E-state index is 12.3. The maximum Gasteiger partial charge on any atom is 0.227 e. The van der Waals surface area contributed by atoms with Gasteiger partial charge in [0.15, 0.2) is 0 Å². The molecule has 19 heavy (non-hydrogen) atoms. The molecule has 0 saturated heterocycles. The van der Waals surface area contributed by atoms with Crippen LogP contribution in [0.15, 0.2) is 24.3 Å². The Kier molecular flexibility index (Phi) is 6.32. The lowest BCUT2D eigenvalue weighted by molar-refractivity contribution is -0.120. The van der Waals surface area contributed by atoms with E-state index in [9.17, 15) is 4.79 Å². The van der Waals surface area contributed by atoms with Crippen LogP contribution in [0.1, 0.15) is 31.7 Å². The van der Waals surface area contributed by atoms with Crippen molar-refractivity contribution >= 4 is 24.0 Å². The Bertz CT molecular complexity index is 422. The second kappa shape index (κ2) is 7.51. The highest BCUT2D eigenvalue weighted by atomic mass is 35.5. The van der Waals surface area contributed by atoms with E-state index in [0.717, 1.165) is 31.4 Å². The van der Waals surface area contributed by atoms with Crippen LogP contribution in [0, 0.1) is 11.8 Å². The van der Waals surface area contributed by atoms with Crippen LogP contribution in [0.2, 0.25) is 0 Å². The minimum Gasteiger partial charge on any atom is -0.330 e. The van der Waals surface area contributed by atoms with Crippen LogP contribution >= 0.6 is 12.4 Å². The molecule has 1 saturated carbocycles. The standard InChI is InChI=1S/C15H22N2O.ClH/c1-2-11-6-3-4-9-14(11)17-15(18)13-8-5-7-12(13)10-16;/h3-4,6,9,12-13H,2,5,7-8,10,16H2,1H3,(H,17,18);1H/t12-,13-;/m1./s1. The van der Waals surface area contributed by atoms with Gasteiger partial charge >= 0.3 is 0 Å². The quantitative estimate of drug-likeness (QED) is 0.892. The van der Waals surface area contributed by atoms with Crippen LogP contribution in [0.4, 0.5) is 5.69 Å². The van der Waals surface area contributed by atoms with Crippen LogP contribution in [0.3, 0.4) is 0 Å². The lowest BCUT2D eigenvalue weighted by Crippen LogP contribution is -2.30. The molecule has 1 amide bonds. The average molecular weight is 283 g/mol. The van der Waals surface area contributed by atoms with Crippen molar-refractivity contribution in [2.24, 2.45) is 17.6 Å². The number of hydrogen-bond donors (Lipinski definition) is 2. The number of carbonyl (C=O) groups excluding carboxylic acids is 1. The van der Waals surface area contributed by atoms with Gasteiger partial charge in [-0.2, -0.15) is 0 Å². The molecule has 1 aromatic rings. The molecule has 3 nitrogen and oxygen atoms in total. The summed E-state index contributed by atoms with van der Waals surface area (Å²) in [7, 11) is 0. The van der Waals surface area contributed by atoms with Crippen LogP contribution in [-0.4, -0.2) is 12.5 Å². The summed E-state index contributed by atoms with van der Waals surface area (Å²) in [4.78, 5) is 12.3. The third-order valence-corrected chi connectivity index (χ3v) is 3.95. The first kappa shape index (κ1) is 16.0. The highest BCUT2D eigenvalue weighted by molar-refractivity contribution is 5.93. The molecule has 0 unspecified atom stereocenters. The molecule has 1 aliphatic rings. The Morgan fingerprint density at radius 3 is 2.79 bits per heavy atom. The number of hydrogen-bond acceptors (Lipinski definition) is 2. The van der Waals surface area contributed by atoms with Crippen molar-refractivity contribution in [1.82, 2.24) is 0 Å². The normalized spacial score (nSPS) is 21.8. The third kappa shape index (κ3) is 3.71. The van der Waals surface area contributed by atoms with Crippen molar-refractivity contribution in [3.63, 3.8) is 0 Å². The predicted octanol–water partition coefficient (Wildman–Crippen LogP) is 2.98. The van der Waals surface area contributed by atoms with Crippen molar-refractivity contribution in [2.75, 3.05) is 11.9 Å². The Morgan fingerprint density at radius 2 is 2.11 bits per heavy atom. The van der Waals surface area contributed by atoms with E-state index in [0.29, 0.717) is 12.5 Å². The molecule has 0 radical (unpaired) electrons. The topological polar surface area (TPSA) is 55.1 Å². The van der Waals surface area contributed by atoms with Gasteiger partial charge < -0.3 is 11.1 Å². The molecule has 0 aromatic heterocycles. The molecule has 1 aliphatic carbocycles. The zero-order valence-corrected chi connectivity index (χ0v) is 12.2. The number of aryl methyl sites for hydroxylation is 1. The van der Waals surface area contributed by atoms with E-state index in [-0.39, 0.29) is 24.2 Å². The first-order valence-electron chi connectivity index (χ1n) is 6.85. The summed E-state index contributed by atoms with van der Waals surface area (Å²) >= 11 is 0. The van der Waals surface area contributed by atoms with Crippen molar-refractivity contribution in [3.8, 4) is 0 Å². The zero-order valence-electron chi connectivity index (χ0n) is 11.4. The average Bonchev–Trinajstić information content (AvgIpc) is 2.87. The zero-order chi connectivity index (χ0) is 13.0. The SMILES string of the molecule is CCc1ccccc1NC(=O)[C@@H]1CCC[C@@H]1CN.Cl. The van der Waals surface area contributed by atoms with Crippen LogP contribution < -0.4 is 11.1 Å². The van der Waals surface area contributed by atoms with E-state index in [1.165, 1.54) is 5.56 Å². The molecule has 1 fully saturated rings. The molecule has 0 spiro atoms. The lowest BCUT2D eigenvalue weighted by atomic mass is 9.95. The van der Waals surface area contributed by atoms with Crippen LogP contribution in [-0.2, 0) is 11.2 Å². The summed E-state index contributed by atoms with van der Waals surface area (Å²) in [5, 5.41) is 3.07. The largest absolute Gasteiger partial charge is 0.330 e. The molecule has 3 N–H and O–H groups in total. The number of halogens is 1. The van der Waals surface area contributed by atoms with E-state index in [2.05, 4.69) is 18.3 Å². The number of anilines is 1. The molecule has 106 valence electrons. The fourth-order valence-corrected chi connectivity index (χ4v) is 2.84. The Hall–Kier alpha value is -1.06. The van der Waals surface area contributed by atoms with E-state index >= 15 is 0 Å². The number of nitrogens with one attached hydrogen (secondary N) is 1. The number of benzene rings is 1. The van der Waals surface area contributed by atoms with E-state index < -0.39 is 0 Å². The van der Waals surface area contributed by atoms with Gasteiger partial charge in [0.1, 0.15) is 0 Å². The molecule has 1 aromatic carbocycles. The Balaban J connectivity index is 0.00000180. The Labute approximate surface area is 121 Å². The molecule has 2 rings (SSSR count). The van der Waals surface area contributed by atoms with Gasteiger partial charge in [0.2, 0.25) is 5.91 Å². The smallest absolute Gasteiger partial charge is 0.227 e.